The summed E-state index contributed by atoms with van der Waals surface area (Å²) >= 11 is 0. The van der Waals surface area contributed by atoms with Gasteiger partial charge in [0.2, 0.25) is 5.91 Å². The zero-order chi connectivity index (χ0) is 23.8. The summed E-state index contributed by atoms with van der Waals surface area (Å²) in [5, 5.41) is 11.7. The number of ether oxygens (including phenoxy) is 1. The first-order valence-electron chi connectivity index (χ1n) is 11.3. The molecule has 0 spiro atoms. The first-order valence-corrected chi connectivity index (χ1v) is 11.3. The molecule has 4 rings (SSSR count). The van der Waals surface area contributed by atoms with Crippen LogP contribution in [0, 0.1) is 11.3 Å². The lowest BCUT2D eigenvalue weighted by molar-refractivity contribution is -0.147. The molecule has 2 aromatic carbocycles. The Balaban J connectivity index is 1.40. The fourth-order valence-corrected chi connectivity index (χ4v) is 4.72. The Bertz CT molecular complexity index is 1020. The minimum absolute atomic E-state index is 0.0403. The third-order valence-electron chi connectivity index (χ3n) is 6.45. The molecule has 0 bridgehead atoms. The first kappa shape index (κ1) is 22.8. The van der Waals surface area contributed by atoms with Gasteiger partial charge in [0.05, 0.1) is 6.42 Å². The molecular formula is C26H30N2O5. The number of benzene rings is 2. The SMILES string of the molecule is CC(C)(C)C(NC(=O)OCC1c2ccccc2-c2ccccc21)C(=O)N1CC(CC(=O)O)C1. The largest absolute Gasteiger partial charge is 0.481 e. The van der Waals surface area contributed by atoms with Gasteiger partial charge in [0, 0.05) is 24.9 Å². The lowest BCUT2D eigenvalue weighted by Gasteiger charge is -2.43. The number of hydrogen-bond donors (Lipinski definition) is 2. The summed E-state index contributed by atoms with van der Waals surface area (Å²) < 4.78 is 5.62. The number of aliphatic carboxylic acids is 1. The summed E-state index contributed by atoms with van der Waals surface area (Å²) in [7, 11) is 0. The van der Waals surface area contributed by atoms with E-state index in [2.05, 4.69) is 29.6 Å². The smallest absolute Gasteiger partial charge is 0.407 e. The Labute approximate surface area is 193 Å². The van der Waals surface area contributed by atoms with E-state index >= 15 is 0 Å². The number of hydrogen-bond acceptors (Lipinski definition) is 4. The van der Waals surface area contributed by atoms with Crippen LogP contribution in [0.4, 0.5) is 4.79 Å². The second kappa shape index (κ2) is 8.89. The van der Waals surface area contributed by atoms with Crippen LogP contribution in [0.5, 0.6) is 0 Å². The van der Waals surface area contributed by atoms with E-state index in [0.29, 0.717) is 13.1 Å². The van der Waals surface area contributed by atoms with Crippen LogP contribution in [0.15, 0.2) is 48.5 Å². The molecule has 7 heteroatoms. The highest BCUT2D eigenvalue weighted by molar-refractivity contribution is 5.87. The van der Waals surface area contributed by atoms with Gasteiger partial charge in [0.15, 0.2) is 0 Å². The van der Waals surface area contributed by atoms with Gasteiger partial charge in [0.25, 0.3) is 0 Å². The van der Waals surface area contributed by atoms with Gasteiger partial charge in [-0.05, 0) is 27.7 Å². The summed E-state index contributed by atoms with van der Waals surface area (Å²) in [4.78, 5) is 38.3. The topological polar surface area (TPSA) is 95.9 Å². The molecule has 2 N–H and O–H groups in total. The predicted molar refractivity (Wildman–Crippen MR) is 124 cm³/mol. The molecule has 1 fully saturated rings. The highest BCUT2D eigenvalue weighted by Gasteiger charge is 2.41. The van der Waals surface area contributed by atoms with Crippen molar-refractivity contribution in [2.45, 2.75) is 39.2 Å². The van der Waals surface area contributed by atoms with E-state index in [1.54, 1.807) is 4.90 Å². The van der Waals surface area contributed by atoms with Crippen molar-refractivity contribution in [1.29, 1.82) is 0 Å². The Hall–Kier alpha value is -3.35. The van der Waals surface area contributed by atoms with Crippen molar-refractivity contribution in [3.05, 3.63) is 59.7 Å². The predicted octanol–water partition coefficient (Wildman–Crippen LogP) is 3.87. The second-order valence-corrected chi connectivity index (χ2v) is 9.98. The lowest BCUT2D eigenvalue weighted by atomic mass is 9.84. The van der Waals surface area contributed by atoms with Crippen LogP contribution < -0.4 is 5.32 Å². The summed E-state index contributed by atoms with van der Waals surface area (Å²) in [6.45, 7) is 6.61. The van der Waals surface area contributed by atoms with Gasteiger partial charge in [0.1, 0.15) is 12.6 Å². The molecule has 0 saturated carbocycles. The molecule has 0 radical (unpaired) electrons. The van der Waals surface area contributed by atoms with E-state index in [1.165, 1.54) is 0 Å². The van der Waals surface area contributed by atoms with E-state index in [1.807, 2.05) is 45.0 Å². The Kier molecular flexibility index (Phi) is 6.15. The number of rotatable bonds is 6. The van der Waals surface area contributed by atoms with Gasteiger partial charge < -0.3 is 20.1 Å². The number of likely N-dealkylation sites (tertiary alicyclic amines) is 1. The number of carboxylic acid groups (broad SMARTS) is 1. The molecule has 2 amide bonds. The Morgan fingerprint density at radius 3 is 2.09 bits per heavy atom. The minimum atomic E-state index is -0.865. The van der Waals surface area contributed by atoms with Crippen molar-refractivity contribution < 1.29 is 24.2 Å². The lowest BCUT2D eigenvalue weighted by Crippen LogP contribution is -2.60. The molecule has 1 unspecified atom stereocenters. The number of nitrogens with zero attached hydrogens (tertiary/aromatic N) is 1. The average Bonchev–Trinajstić information content (AvgIpc) is 3.05. The summed E-state index contributed by atoms with van der Waals surface area (Å²) in [6.07, 6.45) is -0.586. The molecule has 1 aliphatic heterocycles. The Morgan fingerprint density at radius 2 is 1.58 bits per heavy atom. The fraction of sp³-hybridized carbons (Fsp3) is 0.423. The standard InChI is InChI=1S/C26H30N2O5/c1-26(2,3)23(24(31)28-13-16(14-28)12-22(29)30)27-25(32)33-15-21-19-10-6-4-8-17(19)18-9-5-7-11-20(18)21/h4-11,16,21,23H,12-15H2,1-3H3,(H,27,32)(H,29,30). The quantitative estimate of drug-likeness (QED) is 0.697. The Morgan fingerprint density at radius 1 is 1.03 bits per heavy atom. The summed E-state index contributed by atoms with van der Waals surface area (Å²) in [5.41, 5.74) is 4.03. The van der Waals surface area contributed by atoms with Crippen molar-refractivity contribution in [2.75, 3.05) is 19.7 Å². The molecule has 0 aromatic heterocycles. The number of fused-ring (bicyclic) bond motifs is 3. The van der Waals surface area contributed by atoms with Gasteiger partial charge in [-0.3, -0.25) is 9.59 Å². The average molecular weight is 451 g/mol. The maximum Gasteiger partial charge on any atom is 0.407 e. The molecule has 1 heterocycles. The van der Waals surface area contributed by atoms with E-state index in [0.717, 1.165) is 22.3 Å². The maximum absolute atomic E-state index is 13.0. The van der Waals surface area contributed by atoms with Gasteiger partial charge >= 0.3 is 12.1 Å². The molecule has 1 aliphatic carbocycles. The van der Waals surface area contributed by atoms with Crippen LogP contribution in [0.25, 0.3) is 11.1 Å². The maximum atomic E-state index is 13.0. The van der Waals surface area contributed by atoms with Gasteiger partial charge in [-0.15, -0.1) is 0 Å². The van der Waals surface area contributed by atoms with E-state index in [4.69, 9.17) is 9.84 Å². The molecule has 174 valence electrons. The van der Waals surface area contributed by atoms with Crippen LogP contribution >= 0.6 is 0 Å². The van der Waals surface area contributed by atoms with Crippen molar-refractivity contribution >= 4 is 18.0 Å². The van der Waals surface area contributed by atoms with E-state index in [-0.39, 0.29) is 30.8 Å². The van der Waals surface area contributed by atoms with Crippen LogP contribution in [0.3, 0.4) is 0 Å². The molecule has 2 aromatic rings. The number of carbonyl (C=O) groups is 3. The minimum Gasteiger partial charge on any atom is -0.481 e. The fourth-order valence-electron chi connectivity index (χ4n) is 4.72. The van der Waals surface area contributed by atoms with Gasteiger partial charge in [-0.25, -0.2) is 4.79 Å². The van der Waals surface area contributed by atoms with Crippen molar-refractivity contribution in [1.82, 2.24) is 10.2 Å². The van der Waals surface area contributed by atoms with Crippen LogP contribution in [0.2, 0.25) is 0 Å². The summed E-state index contributed by atoms with van der Waals surface area (Å²) in [5.74, 6) is -1.17. The number of carbonyl (C=O) groups excluding carboxylic acids is 2. The zero-order valence-corrected chi connectivity index (χ0v) is 19.2. The van der Waals surface area contributed by atoms with Crippen LogP contribution in [-0.4, -0.2) is 53.7 Å². The zero-order valence-electron chi connectivity index (χ0n) is 19.2. The van der Waals surface area contributed by atoms with E-state index < -0.39 is 23.5 Å². The van der Waals surface area contributed by atoms with Crippen molar-refractivity contribution in [3.8, 4) is 11.1 Å². The van der Waals surface area contributed by atoms with Crippen molar-refractivity contribution in [3.63, 3.8) is 0 Å². The third kappa shape index (κ3) is 4.72. The molecule has 2 aliphatic rings. The number of nitrogens with one attached hydrogen (secondary N) is 1. The molecular weight excluding hydrogens is 420 g/mol. The highest BCUT2D eigenvalue weighted by Crippen LogP contribution is 2.44. The molecule has 1 atom stereocenters. The van der Waals surface area contributed by atoms with E-state index in [9.17, 15) is 14.4 Å². The van der Waals surface area contributed by atoms with Crippen molar-refractivity contribution in [2.24, 2.45) is 11.3 Å². The third-order valence-corrected chi connectivity index (χ3v) is 6.45. The molecule has 1 saturated heterocycles. The second-order valence-electron chi connectivity index (χ2n) is 9.98. The summed E-state index contributed by atoms with van der Waals surface area (Å²) in [6, 6.07) is 15.5. The number of alkyl carbamates (subject to hydrolysis) is 1. The first-order chi connectivity index (χ1) is 15.6. The number of amides is 2. The van der Waals surface area contributed by atoms with Crippen LogP contribution in [0.1, 0.15) is 44.2 Å². The van der Waals surface area contributed by atoms with Gasteiger partial charge in [-0.2, -0.15) is 0 Å². The molecule has 7 nitrogen and oxygen atoms in total. The van der Waals surface area contributed by atoms with Crippen LogP contribution in [-0.2, 0) is 14.3 Å². The number of carboxylic acids is 1. The normalized spacial score (nSPS) is 16.4. The molecule has 33 heavy (non-hydrogen) atoms. The van der Waals surface area contributed by atoms with Gasteiger partial charge in [-0.1, -0.05) is 69.3 Å². The monoisotopic (exact) mass is 450 g/mol. The highest BCUT2D eigenvalue weighted by atomic mass is 16.5.